The van der Waals surface area contributed by atoms with Gasteiger partial charge in [0.15, 0.2) is 5.82 Å². The van der Waals surface area contributed by atoms with Gasteiger partial charge >= 0.3 is 0 Å². The summed E-state index contributed by atoms with van der Waals surface area (Å²) in [5.74, 6) is 1.43. The molecule has 1 heterocycles. The first kappa shape index (κ1) is 13.5. The molecule has 0 saturated heterocycles. The highest BCUT2D eigenvalue weighted by molar-refractivity contribution is 7.80. The quantitative estimate of drug-likeness (QED) is 0.847. The van der Waals surface area contributed by atoms with Crippen LogP contribution in [0.5, 0.6) is 5.75 Å². The van der Waals surface area contributed by atoms with E-state index in [1.807, 2.05) is 42.8 Å². The van der Waals surface area contributed by atoms with Gasteiger partial charge in [-0.15, -0.1) is 0 Å². The number of thiocarbonyl (C=S) groups is 1. The Kier molecular flexibility index (Phi) is 4.11. The number of rotatable bonds is 5. The highest BCUT2D eigenvalue weighted by Crippen LogP contribution is 2.19. The summed E-state index contributed by atoms with van der Waals surface area (Å²) in [7, 11) is 0. The average molecular weight is 276 g/mol. The number of nitrogens with zero attached hydrogens (tertiary/aromatic N) is 3. The van der Waals surface area contributed by atoms with Gasteiger partial charge in [0.2, 0.25) is 0 Å². The van der Waals surface area contributed by atoms with E-state index in [1.54, 1.807) is 0 Å². The predicted octanol–water partition coefficient (Wildman–Crippen LogP) is 2.07. The Labute approximate surface area is 117 Å². The van der Waals surface area contributed by atoms with Crippen molar-refractivity contribution in [3.63, 3.8) is 0 Å². The Morgan fingerprint density at radius 1 is 1.42 bits per heavy atom. The van der Waals surface area contributed by atoms with Crippen molar-refractivity contribution < 1.29 is 4.74 Å². The number of hydrogen-bond acceptors (Lipinski definition) is 4. The molecule has 0 unspecified atom stereocenters. The van der Waals surface area contributed by atoms with Crippen LogP contribution in [0.4, 0.5) is 0 Å². The standard InChI is InChI=1S/C13H16N4OS/c1-9(2)17-12(15-8-16-17)7-18-11-6-4-3-5-10(11)13(14)19/h3-6,8-9H,7H2,1-2H3,(H2,14,19). The van der Waals surface area contributed by atoms with Gasteiger partial charge in [-0.1, -0.05) is 24.4 Å². The van der Waals surface area contributed by atoms with Crippen molar-refractivity contribution in [2.75, 3.05) is 0 Å². The summed E-state index contributed by atoms with van der Waals surface area (Å²) in [5.41, 5.74) is 6.39. The number of nitrogens with two attached hydrogens (primary N) is 1. The fourth-order valence-electron chi connectivity index (χ4n) is 1.75. The van der Waals surface area contributed by atoms with Gasteiger partial charge in [0.05, 0.1) is 5.56 Å². The van der Waals surface area contributed by atoms with Crippen LogP contribution in [0, 0.1) is 0 Å². The molecular formula is C13H16N4OS. The van der Waals surface area contributed by atoms with Gasteiger partial charge in [-0.05, 0) is 26.0 Å². The van der Waals surface area contributed by atoms with Crippen molar-refractivity contribution in [3.8, 4) is 5.75 Å². The molecule has 0 saturated carbocycles. The van der Waals surface area contributed by atoms with Gasteiger partial charge in [-0.25, -0.2) is 9.67 Å². The van der Waals surface area contributed by atoms with Crippen molar-refractivity contribution in [3.05, 3.63) is 42.0 Å². The van der Waals surface area contributed by atoms with Crippen LogP contribution in [-0.4, -0.2) is 19.8 Å². The summed E-state index contributed by atoms with van der Waals surface area (Å²) >= 11 is 5.00. The first-order chi connectivity index (χ1) is 9.09. The van der Waals surface area contributed by atoms with Crippen molar-refractivity contribution in [2.45, 2.75) is 26.5 Å². The minimum atomic E-state index is 0.243. The zero-order chi connectivity index (χ0) is 13.8. The summed E-state index contributed by atoms with van der Waals surface area (Å²) in [6, 6.07) is 7.67. The smallest absolute Gasteiger partial charge is 0.165 e. The molecule has 0 fully saturated rings. The summed E-state index contributed by atoms with van der Waals surface area (Å²) in [4.78, 5) is 4.51. The lowest BCUT2D eigenvalue weighted by Crippen LogP contribution is -2.14. The normalized spacial score (nSPS) is 10.7. The zero-order valence-corrected chi connectivity index (χ0v) is 11.7. The molecule has 100 valence electrons. The largest absolute Gasteiger partial charge is 0.485 e. The van der Waals surface area contributed by atoms with Gasteiger partial charge in [0, 0.05) is 6.04 Å². The number of para-hydroxylation sites is 1. The van der Waals surface area contributed by atoms with Gasteiger partial charge < -0.3 is 10.5 Å². The minimum Gasteiger partial charge on any atom is -0.485 e. The van der Waals surface area contributed by atoms with Crippen LogP contribution >= 0.6 is 12.2 Å². The van der Waals surface area contributed by atoms with E-state index in [0.29, 0.717) is 17.3 Å². The third-order valence-corrected chi connectivity index (χ3v) is 2.87. The monoisotopic (exact) mass is 276 g/mol. The van der Waals surface area contributed by atoms with Gasteiger partial charge in [-0.3, -0.25) is 0 Å². The van der Waals surface area contributed by atoms with Crippen LogP contribution in [0.2, 0.25) is 0 Å². The van der Waals surface area contributed by atoms with Crippen molar-refractivity contribution in [2.24, 2.45) is 5.73 Å². The fraction of sp³-hybridized carbons (Fsp3) is 0.308. The maximum Gasteiger partial charge on any atom is 0.165 e. The summed E-state index contributed by atoms with van der Waals surface area (Å²) < 4.78 is 7.57. The predicted molar refractivity (Wildman–Crippen MR) is 77.1 cm³/mol. The van der Waals surface area contributed by atoms with Crippen LogP contribution in [0.3, 0.4) is 0 Å². The average Bonchev–Trinajstić information content (AvgIpc) is 2.85. The summed E-state index contributed by atoms with van der Waals surface area (Å²) in [6.45, 7) is 4.42. The molecule has 0 bridgehead atoms. The highest BCUT2D eigenvalue weighted by Gasteiger charge is 2.10. The van der Waals surface area contributed by atoms with E-state index in [4.69, 9.17) is 22.7 Å². The van der Waals surface area contributed by atoms with E-state index in [-0.39, 0.29) is 6.04 Å². The van der Waals surface area contributed by atoms with E-state index < -0.39 is 0 Å². The van der Waals surface area contributed by atoms with E-state index in [9.17, 15) is 0 Å². The van der Waals surface area contributed by atoms with E-state index in [1.165, 1.54) is 6.33 Å². The lowest BCUT2D eigenvalue weighted by Gasteiger charge is -2.12. The third-order valence-electron chi connectivity index (χ3n) is 2.65. The summed E-state index contributed by atoms with van der Waals surface area (Å²) in [5, 5.41) is 4.16. The Morgan fingerprint density at radius 2 is 2.16 bits per heavy atom. The molecule has 0 atom stereocenters. The minimum absolute atomic E-state index is 0.243. The van der Waals surface area contributed by atoms with E-state index in [2.05, 4.69) is 10.1 Å². The van der Waals surface area contributed by atoms with Crippen LogP contribution in [0.15, 0.2) is 30.6 Å². The molecular weight excluding hydrogens is 260 g/mol. The van der Waals surface area contributed by atoms with Crippen LogP contribution in [0.25, 0.3) is 0 Å². The molecule has 5 nitrogen and oxygen atoms in total. The molecule has 0 aliphatic heterocycles. The molecule has 0 spiro atoms. The molecule has 2 rings (SSSR count). The molecule has 2 aromatic rings. The topological polar surface area (TPSA) is 66.0 Å². The Morgan fingerprint density at radius 3 is 2.84 bits per heavy atom. The van der Waals surface area contributed by atoms with Crippen LogP contribution in [-0.2, 0) is 6.61 Å². The maximum atomic E-state index is 5.74. The molecule has 0 aliphatic rings. The second kappa shape index (κ2) is 5.79. The van der Waals surface area contributed by atoms with Crippen LogP contribution in [0.1, 0.15) is 31.3 Å². The lowest BCUT2D eigenvalue weighted by atomic mass is 10.2. The molecule has 6 heteroatoms. The van der Waals surface area contributed by atoms with Gasteiger partial charge in [-0.2, -0.15) is 5.10 Å². The highest BCUT2D eigenvalue weighted by atomic mass is 32.1. The third kappa shape index (κ3) is 3.08. The number of hydrogen-bond donors (Lipinski definition) is 1. The fourth-order valence-corrected chi connectivity index (χ4v) is 1.92. The van der Waals surface area contributed by atoms with Crippen molar-refractivity contribution in [1.82, 2.24) is 14.8 Å². The molecule has 0 radical (unpaired) electrons. The molecule has 19 heavy (non-hydrogen) atoms. The number of ether oxygens (including phenoxy) is 1. The van der Waals surface area contributed by atoms with Crippen LogP contribution < -0.4 is 10.5 Å². The molecule has 0 amide bonds. The first-order valence-electron chi connectivity index (χ1n) is 5.99. The maximum absolute atomic E-state index is 5.74. The van der Waals surface area contributed by atoms with E-state index in [0.717, 1.165) is 11.4 Å². The first-order valence-corrected chi connectivity index (χ1v) is 6.40. The van der Waals surface area contributed by atoms with E-state index >= 15 is 0 Å². The lowest BCUT2D eigenvalue weighted by molar-refractivity contribution is 0.282. The van der Waals surface area contributed by atoms with Crippen molar-refractivity contribution >= 4 is 17.2 Å². The van der Waals surface area contributed by atoms with Gasteiger partial charge in [0.25, 0.3) is 0 Å². The van der Waals surface area contributed by atoms with Crippen molar-refractivity contribution in [1.29, 1.82) is 0 Å². The number of benzene rings is 1. The number of aromatic nitrogens is 3. The second-order valence-electron chi connectivity index (χ2n) is 4.36. The zero-order valence-electron chi connectivity index (χ0n) is 10.9. The Hall–Kier alpha value is -1.95. The second-order valence-corrected chi connectivity index (χ2v) is 4.80. The molecule has 1 aromatic carbocycles. The SMILES string of the molecule is CC(C)n1ncnc1COc1ccccc1C(N)=S. The Balaban J connectivity index is 2.15. The molecule has 2 N–H and O–H groups in total. The molecule has 0 aliphatic carbocycles. The van der Waals surface area contributed by atoms with Gasteiger partial charge in [0.1, 0.15) is 23.7 Å². The summed E-state index contributed by atoms with van der Waals surface area (Å²) in [6.07, 6.45) is 1.53. The molecule has 1 aromatic heterocycles. The Bertz CT molecular complexity index is 580.